The average Bonchev–Trinajstić information content (AvgIpc) is 3.16. The Labute approximate surface area is 153 Å². The molecule has 2 rings (SSSR count). The molecule has 0 aliphatic heterocycles. The lowest BCUT2D eigenvalue weighted by Crippen LogP contribution is -2.17. The lowest BCUT2D eigenvalue weighted by atomic mass is 10.1. The molecule has 27 heavy (non-hydrogen) atoms. The molecule has 1 heterocycles. The van der Waals surface area contributed by atoms with Crippen molar-refractivity contribution in [2.24, 2.45) is 0 Å². The Morgan fingerprint density at radius 3 is 2.19 bits per heavy atom. The van der Waals surface area contributed by atoms with E-state index < -0.39 is 52.7 Å². The van der Waals surface area contributed by atoms with Crippen molar-refractivity contribution in [3.8, 4) is 11.8 Å². The summed E-state index contributed by atoms with van der Waals surface area (Å²) in [6.07, 6.45) is -1.49. The lowest BCUT2D eigenvalue weighted by Gasteiger charge is -2.12. The Morgan fingerprint density at radius 2 is 1.67 bits per heavy atom. The molecule has 0 bridgehead atoms. The van der Waals surface area contributed by atoms with Gasteiger partial charge in [-0.25, -0.2) is 31.5 Å². The predicted octanol–water partition coefficient (Wildman–Crippen LogP) is 3.91. The first-order valence-corrected chi connectivity index (χ1v) is 8.10. The third kappa shape index (κ3) is 4.43. The summed E-state index contributed by atoms with van der Waals surface area (Å²) in [5.74, 6) is -10.2. The second-order valence-electron chi connectivity index (χ2n) is 4.74. The van der Waals surface area contributed by atoms with Crippen LogP contribution in [0.4, 0.5) is 22.0 Å². The predicted molar refractivity (Wildman–Crippen MR) is 83.1 cm³/mol. The largest absolute Gasteiger partial charge is 0.456 e. The third-order valence-electron chi connectivity index (χ3n) is 3.02. The zero-order valence-corrected chi connectivity index (χ0v) is 14.3. The molecule has 0 N–H and O–H groups in total. The van der Waals surface area contributed by atoms with Crippen LogP contribution in [0.15, 0.2) is 17.5 Å². The normalized spacial score (nSPS) is 11.3. The third-order valence-corrected chi connectivity index (χ3v) is 3.94. The van der Waals surface area contributed by atoms with Crippen molar-refractivity contribution < 1.29 is 41.0 Å². The smallest absolute Gasteiger partial charge is 0.384 e. The Hall–Kier alpha value is -2.93. The molecule has 1 aromatic carbocycles. The number of hydrogen-bond donors (Lipinski definition) is 0. The van der Waals surface area contributed by atoms with Crippen LogP contribution < -0.4 is 0 Å². The van der Waals surface area contributed by atoms with Crippen molar-refractivity contribution in [1.82, 2.24) is 0 Å². The number of esters is 2. The fraction of sp³-hybridized carbons (Fsp3) is 0.176. The highest BCUT2D eigenvalue weighted by atomic mass is 32.1. The van der Waals surface area contributed by atoms with Gasteiger partial charge in [0, 0.05) is 5.92 Å². The van der Waals surface area contributed by atoms with Gasteiger partial charge >= 0.3 is 11.9 Å². The van der Waals surface area contributed by atoms with Crippen molar-refractivity contribution in [3.63, 3.8) is 0 Å². The summed E-state index contributed by atoms with van der Waals surface area (Å²) in [6, 6.07) is 2.96. The molecule has 0 aliphatic rings. The second kappa shape index (κ2) is 8.64. The van der Waals surface area contributed by atoms with Crippen LogP contribution in [0.5, 0.6) is 0 Å². The van der Waals surface area contributed by atoms with Gasteiger partial charge in [0.05, 0.1) is 11.5 Å². The monoisotopic (exact) mass is 404 g/mol. The Balaban J connectivity index is 2.39. The first-order chi connectivity index (χ1) is 12.8. The summed E-state index contributed by atoms with van der Waals surface area (Å²) in [6.45, 7) is 1.56. The highest BCUT2D eigenvalue weighted by Crippen LogP contribution is 2.27. The second-order valence-corrected chi connectivity index (χ2v) is 5.71. The molecule has 0 amide bonds. The highest BCUT2D eigenvalue weighted by Gasteiger charge is 2.32. The molecule has 0 radical (unpaired) electrons. The molecule has 4 nitrogen and oxygen atoms in total. The fourth-order valence-electron chi connectivity index (χ4n) is 1.84. The SMILES string of the molecule is CCOC(=O)C#CC(OC(=O)c1c(F)c(F)c(F)c(F)c1F)c1cccs1. The number of ether oxygens (including phenoxy) is 2. The Kier molecular flexibility index (Phi) is 6.52. The molecule has 142 valence electrons. The van der Waals surface area contributed by atoms with Crippen molar-refractivity contribution in [2.75, 3.05) is 6.61 Å². The summed E-state index contributed by atoms with van der Waals surface area (Å²) < 4.78 is 76.4. The van der Waals surface area contributed by atoms with E-state index in [-0.39, 0.29) is 11.5 Å². The minimum atomic E-state index is -2.40. The number of thiophene rings is 1. The van der Waals surface area contributed by atoms with Crippen LogP contribution in [-0.4, -0.2) is 18.5 Å². The van der Waals surface area contributed by atoms with Crippen LogP contribution in [0, 0.1) is 40.9 Å². The summed E-state index contributed by atoms with van der Waals surface area (Å²) in [7, 11) is 0. The maximum absolute atomic E-state index is 13.7. The number of benzene rings is 1. The highest BCUT2D eigenvalue weighted by molar-refractivity contribution is 7.10. The maximum Gasteiger partial charge on any atom is 0.384 e. The van der Waals surface area contributed by atoms with Gasteiger partial charge in [0.15, 0.2) is 29.4 Å². The van der Waals surface area contributed by atoms with Crippen molar-refractivity contribution in [3.05, 3.63) is 57.0 Å². The van der Waals surface area contributed by atoms with Crippen molar-refractivity contribution in [1.29, 1.82) is 0 Å². The van der Waals surface area contributed by atoms with E-state index in [4.69, 9.17) is 4.74 Å². The van der Waals surface area contributed by atoms with Gasteiger partial charge in [0.25, 0.3) is 0 Å². The minimum Gasteiger partial charge on any atom is -0.456 e. The van der Waals surface area contributed by atoms with E-state index in [2.05, 4.69) is 10.7 Å². The lowest BCUT2D eigenvalue weighted by molar-refractivity contribution is -0.136. The number of carbonyl (C=O) groups excluding carboxylic acids is 2. The summed E-state index contributed by atoms with van der Waals surface area (Å²) in [4.78, 5) is 23.6. The van der Waals surface area contributed by atoms with Crippen LogP contribution in [0.25, 0.3) is 0 Å². The molecule has 0 aliphatic carbocycles. The molecule has 0 spiro atoms. The van der Waals surface area contributed by atoms with Gasteiger partial charge < -0.3 is 9.47 Å². The first-order valence-electron chi connectivity index (χ1n) is 7.22. The van der Waals surface area contributed by atoms with Crippen LogP contribution in [0.2, 0.25) is 0 Å². The molecule has 10 heteroatoms. The number of hydrogen-bond acceptors (Lipinski definition) is 5. The Morgan fingerprint density at radius 1 is 1.07 bits per heavy atom. The first kappa shape index (κ1) is 20.4. The van der Waals surface area contributed by atoms with Gasteiger partial charge in [-0.3, -0.25) is 0 Å². The topological polar surface area (TPSA) is 52.6 Å². The van der Waals surface area contributed by atoms with Crippen molar-refractivity contribution in [2.45, 2.75) is 13.0 Å². The van der Waals surface area contributed by atoms with E-state index in [1.807, 2.05) is 5.92 Å². The van der Waals surface area contributed by atoms with E-state index in [0.29, 0.717) is 0 Å². The van der Waals surface area contributed by atoms with Crippen LogP contribution in [-0.2, 0) is 14.3 Å². The molecular formula is C17H9F5O4S. The summed E-state index contributed by atoms with van der Waals surface area (Å²) >= 11 is 1.02. The zero-order chi connectivity index (χ0) is 20.1. The number of rotatable bonds is 4. The van der Waals surface area contributed by atoms with E-state index in [1.165, 1.54) is 19.1 Å². The van der Waals surface area contributed by atoms with Gasteiger partial charge in [0.2, 0.25) is 5.82 Å². The van der Waals surface area contributed by atoms with Crippen LogP contribution in [0.3, 0.4) is 0 Å². The fourth-order valence-corrected chi connectivity index (χ4v) is 2.54. The molecule has 1 atom stereocenters. The molecule has 0 saturated heterocycles. The van der Waals surface area contributed by atoms with Crippen molar-refractivity contribution >= 4 is 23.3 Å². The molecule has 1 aromatic heterocycles. The number of carbonyl (C=O) groups is 2. The van der Waals surface area contributed by atoms with Crippen LogP contribution in [0.1, 0.15) is 28.3 Å². The molecule has 0 saturated carbocycles. The van der Waals surface area contributed by atoms with Gasteiger partial charge in [-0.15, -0.1) is 11.3 Å². The minimum absolute atomic E-state index is 0.0293. The summed E-state index contributed by atoms with van der Waals surface area (Å²) in [5, 5.41) is 1.56. The standard InChI is InChI=1S/C17H9F5O4S/c1-2-25-10(23)6-5-8(9-4-3-7-27-9)26-17(24)11-12(18)14(20)16(22)15(21)13(11)19/h3-4,7-8H,2H2,1H3. The van der Waals surface area contributed by atoms with E-state index in [0.717, 1.165) is 11.3 Å². The van der Waals surface area contributed by atoms with E-state index in [1.54, 1.807) is 5.38 Å². The quantitative estimate of drug-likeness (QED) is 0.194. The zero-order valence-electron chi connectivity index (χ0n) is 13.4. The molecule has 2 aromatic rings. The summed E-state index contributed by atoms with van der Waals surface area (Å²) in [5.41, 5.74) is -1.76. The Bertz CT molecular complexity index is 902. The van der Waals surface area contributed by atoms with E-state index in [9.17, 15) is 31.5 Å². The average molecular weight is 404 g/mol. The van der Waals surface area contributed by atoms with Crippen LogP contribution >= 0.6 is 11.3 Å². The van der Waals surface area contributed by atoms with Gasteiger partial charge in [-0.1, -0.05) is 6.07 Å². The van der Waals surface area contributed by atoms with Gasteiger partial charge in [-0.05, 0) is 24.3 Å². The molecular weight excluding hydrogens is 395 g/mol. The maximum atomic E-state index is 13.7. The molecule has 1 unspecified atom stereocenters. The van der Waals surface area contributed by atoms with E-state index >= 15 is 0 Å². The molecule has 0 fully saturated rings. The van der Waals surface area contributed by atoms with Gasteiger partial charge in [0.1, 0.15) is 5.56 Å². The number of halogens is 5. The van der Waals surface area contributed by atoms with Gasteiger partial charge in [-0.2, -0.15) is 0 Å².